The van der Waals surface area contributed by atoms with E-state index in [4.69, 9.17) is 10.5 Å². The number of aromatic nitrogens is 1. The highest BCUT2D eigenvalue weighted by atomic mass is 16.5. The predicted molar refractivity (Wildman–Crippen MR) is 82.1 cm³/mol. The number of nitrogens with zero attached hydrogens (tertiary/aromatic N) is 2. The molecule has 1 heterocycles. The number of ether oxygens (including phenoxy) is 1. The molecule has 5 heteroatoms. The van der Waals surface area contributed by atoms with Gasteiger partial charge in [0.15, 0.2) is 0 Å². The number of amides is 1. The van der Waals surface area contributed by atoms with E-state index < -0.39 is 0 Å². The average Bonchev–Trinajstić information content (AvgIpc) is 2.52. The van der Waals surface area contributed by atoms with Gasteiger partial charge in [0.2, 0.25) is 0 Å². The summed E-state index contributed by atoms with van der Waals surface area (Å²) in [6.07, 6.45) is 1.72. The Morgan fingerprint density at radius 1 is 1.33 bits per heavy atom. The minimum Gasteiger partial charge on any atom is -0.496 e. The van der Waals surface area contributed by atoms with Crippen LogP contribution in [0.4, 0.5) is 5.69 Å². The first-order valence-electron chi connectivity index (χ1n) is 6.78. The van der Waals surface area contributed by atoms with Crippen molar-refractivity contribution in [1.82, 2.24) is 9.88 Å². The zero-order chi connectivity index (χ0) is 15.2. The number of hydrogen-bond donors (Lipinski definition) is 1. The van der Waals surface area contributed by atoms with Crippen molar-refractivity contribution >= 4 is 11.6 Å². The fourth-order valence-electron chi connectivity index (χ4n) is 2.07. The summed E-state index contributed by atoms with van der Waals surface area (Å²) in [5.74, 6) is 0.388. The number of hydrogen-bond acceptors (Lipinski definition) is 4. The summed E-state index contributed by atoms with van der Waals surface area (Å²) >= 11 is 0. The number of methoxy groups -OCH3 is 1. The van der Waals surface area contributed by atoms with Gasteiger partial charge >= 0.3 is 0 Å². The number of pyridine rings is 1. The number of nitrogen functional groups attached to an aromatic ring is 1. The maximum absolute atomic E-state index is 12.6. The highest BCUT2D eigenvalue weighted by Gasteiger charge is 2.19. The van der Waals surface area contributed by atoms with Gasteiger partial charge in [-0.3, -0.25) is 9.78 Å². The molecule has 0 unspecified atom stereocenters. The van der Waals surface area contributed by atoms with Crippen LogP contribution in [-0.2, 0) is 6.54 Å². The number of carbonyl (C=O) groups is 1. The average molecular weight is 285 g/mol. The van der Waals surface area contributed by atoms with E-state index in [9.17, 15) is 4.79 Å². The Kier molecular flexibility index (Phi) is 4.77. The molecular formula is C16H19N3O2. The molecule has 110 valence electrons. The van der Waals surface area contributed by atoms with Crippen LogP contribution in [0.5, 0.6) is 5.75 Å². The maximum atomic E-state index is 12.6. The smallest absolute Gasteiger partial charge is 0.257 e. The third-order valence-corrected chi connectivity index (χ3v) is 3.20. The summed E-state index contributed by atoms with van der Waals surface area (Å²) < 4.78 is 5.25. The minimum atomic E-state index is -0.0972. The summed E-state index contributed by atoms with van der Waals surface area (Å²) in [6.45, 7) is 2.98. The molecule has 0 fully saturated rings. The Hall–Kier alpha value is -2.56. The summed E-state index contributed by atoms with van der Waals surface area (Å²) in [6, 6.07) is 10.7. The first-order valence-corrected chi connectivity index (χ1v) is 6.78. The van der Waals surface area contributed by atoms with Gasteiger partial charge in [0.05, 0.1) is 24.9 Å². The van der Waals surface area contributed by atoms with Crippen molar-refractivity contribution in [2.45, 2.75) is 13.5 Å². The number of nitrogens with two attached hydrogens (primary N) is 1. The SMILES string of the molecule is CCN(Cc1ccccn1)C(=O)c1ccc(N)cc1OC. The quantitative estimate of drug-likeness (QED) is 0.856. The van der Waals surface area contributed by atoms with Crippen LogP contribution in [0.1, 0.15) is 23.0 Å². The van der Waals surface area contributed by atoms with Gasteiger partial charge < -0.3 is 15.4 Å². The van der Waals surface area contributed by atoms with Crippen molar-refractivity contribution in [1.29, 1.82) is 0 Å². The molecule has 2 aromatic rings. The largest absolute Gasteiger partial charge is 0.496 e. The molecule has 2 N–H and O–H groups in total. The molecule has 0 bridgehead atoms. The van der Waals surface area contributed by atoms with Gasteiger partial charge in [0.25, 0.3) is 5.91 Å². The maximum Gasteiger partial charge on any atom is 0.257 e. The van der Waals surface area contributed by atoms with Crippen LogP contribution in [0.3, 0.4) is 0 Å². The zero-order valence-corrected chi connectivity index (χ0v) is 12.2. The minimum absolute atomic E-state index is 0.0972. The molecule has 1 aromatic heterocycles. The molecule has 0 saturated carbocycles. The lowest BCUT2D eigenvalue weighted by molar-refractivity contribution is 0.0747. The van der Waals surface area contributed by atoms with Crippen LogP contribution in [0, 0.1) is 0 Å². The van der Waals surface area contributed by atoms with Crippen molar-refractivity contribution in [2.75, 3.05) is 19.4 Å². The Morgan fingerprint density at radius 2 is 2.14 bits per heavy atom. The van der Waals surface area contributed by atoms with E-state index in [1.807, 2.05) is 25.1 Å². The Labute approximate surface area is 124 Å². The third-order valence-electron chi connectivity index (χ3n) is 3.20. The van der Waals surface area contributed by atoms with Gasteiger partial charge in [0, 0.05) is 24.5 Å². The van der Waals surface area contributed by atoms with Crippen LogP contribution < -0.4 is 10.5 Å². The van der Waals surface area contributed by atoms with Crippen molar-refractivity contribution in [3.63, 3.8) is 0 Å². The lowest BCUT2D eigenvalue weighted by atomic mass is 10.1. The molecular weight excluding hydrogens is 266 g/mol. The molecule has 0 saturated heterocycles. The molecule has 0 atom stereocenters. The van der Waals surface area contributed by atoms with E-state index in [-0.39, 0.29) is 5.91 Å². The van der Waals surface area contributed by atoms with Crippen LogP contribution in [0.25, 0.3) is 0 Å². The van der Waals surface area contributed by atoms with Gasteiger partial charge in [0.1, 0.15) is 5.75 Å². The van der Waals surface area contributed by atoms with Gasteiger partial charge in [-0.15, -0.1) is 0 Å². The predicted octanol–water partition coefficient (Wildman–Crippen LogP) is 2.33. The molecule has 0 aliphatic rings. The Bertz CT molecular complexity index is 614. The Morgan fingerprint density at radius 3 is 2.76 bits per heavy atom. The third kappa shape index (κ3) is 3.51. The summed E-state index contributed by atoms with van der Waals surface area (Å²) in [5.41, 5.74) is 7.64. The molecule has 1 aromatic carbocycles. The second kappa shape index (κ2) is 6.74. The number of anilines is 1. The molecule has 1 amide bonds. The molecule has 0 aliphatic carbocycles. The summed E-state index contributed by atoms with van der Waals surface area (Å²) in [4.78, 5) is 18.6. The zero-order valence-electron chi connectivity index (χ0n) is 12.2. The first-order chi connectivity index (χ1) is 10.2. The molecule has 0 radical (unpaired) electrons. The number of carbonyl (C=O) groups excluding carboxylic acids is 1. The second-order valence-corrected chi connectivity index (χ2v) is 4.60. The first kappa shape index (κ1) is 14.8. The van der Waals surface area contributed by atoms with E-state index >= 15 is 0 Å². The molecule has 5 nitrogen and oxygen atoms in total. The molecule has 0 spiro atoms. The van der Waals surface area contributed by atoms with Crippen LogP contribution in [0.2, 0.25) is 0 Å². The van der Waals surface area contributed by atoms with Crippen molar-refractivity contribution in [3.8, 4) is 5.75 Å². The lowest BCUT2D eigenvalue weighted by Crippen LogP contribution is -2.31. The van der Waals surface area contributed by atoms with Crippen LogP contribution >= 0.6 is 0 Å². The lowest BCUT2D eigenvalue weighted by Gasteiger charge is -2.21. The normalized spacial score (nSPS) is 10.2. The topological polar surface area (TPSA) is 68.5 Å². The fourth-order valence-corrected chi connectivity index (χ4v) is 2.07. The molecule has 2 rings (SSSR count). The monoisotopic (exact) mass is 285 g/mol. The van der Waals surface area contributed by atoms with Gasteiger partial charge in [-0.2, -0.15) is 0 Å². The number of benzene rings is 1. The summed E-state index contributed by atoms with van der Waals surface area (Å²) in [7, 11) is 1.53. The van der Waals surface area contributed by atoms with E-state index in [2.05, 4.69) is 4.98 Å². The van der Waals surface area contributed by atoms with Gasteiger partial charge in [-0.1, -0.05) is 6.07 Å². The number of rotatable bonds is 5. The van der Waals surface area contributed by atoms with E-state index in [1.54, 1.807) is 29.3 Å². The fraction of sp³-hybridized carbons (Fsp3) is 0.250. The standard InChI is InChI=1S/C16H19N3O2/c1-3-19(11-13-6-4-5-9-18-13)16(20)14-8-7-12(17)10-15(14)21-2/h4-10H,3,11,17H2,1-2H3. The highest BCUT2D eigenvalue weighted by molar-refractivity contribution is 5.97. The van der Waals surface area contributed by atoms with Crippen molar-refractivity contribution in [2.24, 2.45) is 0 Å². The van der Waals surface area contributed by atoms with Crippen LogP contribution in [0.15, 0.2) is 42.6 Å². The summed E-state index contributed by atoms with van der Waals surface area (Å²) in [5, 5.41) is 0. The van der Waals surface area contributed by atoms with Crippen molar-refractivity contribution in [3.05, 3.63) is 53.9 Å². The van der Waals surface area contributed by atoms with E-state index in [0.717, 1.165) is 5.69 Å². The van der Waals surface area contributed by atoms with Gasteiger partial charge in [-0.05, 0) is 31.2 Å². The Balaban J connectivity index is 2.24. The highest BCUT2D eigenvalue weighted by Crippen LogP contribution is 2.23. The van der Waals surface area contributed by atoms with Crippen LogP contribution in [-0.4, -0.2) is 29.4 Å². The molecule has 21 heavy (non-hydrogen) atoms. The van der Waals surface area contributed by atoms with E-state index in [0.29, 0.717) is 30.1 Å². The van der Waals surface area contributed by atoms with E-state index in [1.165, 1.54) is 7.11 Å². The van der Waals surface area contributed by atoms with Crippen molar-refractivity contribution < 1.29 is 9.53 Å². The van der Waals surface area contributed by atoms with Gasteiger partial charge in [-0.25, -0.2) is 0 Å². The molecule has 0 aliphatic heterocycles. The second-order valence-electron chi connectivity index (χ2n) is 4.60.